The van der Waals surface area contributed by atoms with Gasteiger partial charge in [0.2, 0.25) is 5.89 Å². The van der Waals surface area contributed by atoms with Gasteiger partial charge in [0.15, 0.2) is 5.82 Å². The topological polar surface area (TPSA) is 64.9 Å². The van der Waals surface area contributed by atoms with E-state index in [1.807, 2.05) is 0 Å². The largest absolute Gasteiger partial charge is 0.339 e. The normalized spacial score (nSPS) is 40.2. The van der Waals surface area contributed by atoms with Crippen LogP contribution in [0.3, 0.4) is 0 Å². The van der Waals surface area contributed by atoms with Crippen molar-refractivity contribution in [2.75, 3.05) is 0 Å². The minimum absolute atomic E-state index is 0.0778. The van der Waals surface area contributed by atoms with Crippen LogP contribution in [0.2, 0.25) is 0 Å². The van der Waals surface area contributed by atoms with Crippen molar-refractivity contribution in [3.05, 3.63) is 11.7 Å². The van der Waals surface area contributed by atoms with Crippen molar-refractivity contribution in [3.8, 4) is 0 Å². The van der Waals surface area contributed by atoms with Gasteiger partial charge in [-0.05, 0) is 68.1 Å². The molecule has 4 aliphatic carbocycles. The lowest BCUT2D eigenvalue weighted by molar-refractivity contribution is -0.0385. The van der Waals surface area contributed by atoms with Crippen molar-refractivity contribution in [2.45, 2.75) is 57.9 Å². The fourth-order valence-corrected chi connectivity index (χ4v) is 5.26. The van der Waals surface area contributed by atoms with Crippen molar-refractivity contribution in [2.24, 2.45) is 35.3 Å². The number of rotatable bonds is 4. The summed E-state index contributed by atoms with van der Waals surface area (Å²) in [5.41, 5.74) is 5.97. The molecule has 0 amide bonds. The minimum Gasteiger partial charge on any atom is -0.339 e. The number of hydrogen-bond acceptors (Lipinski definition) is 4. The molecule has 0 aromatic carbocycles. The zero-order valence-corrected chi connectivity index (χ0v) is 12.3. The Morgan fingerprint density at radius 2 is 1.80 bits per heavy atom. The third-order valence-corrected chi connectivity index (χ3v) is 6.09. The Kier molecular flexibility index (Phi) is 3.09. The fraction of sp³-hybridized carbons (Fsp3) is 0.875. The molecule has 1 aromatic rings. The molecule has 2 N–H and O–H groups in total. The van der Waals surface area contributed by atoms with Crippen LogP contribution in [0.25, 0.3) is 0 Å². The van der Waals surface area contributed by atoms with Gasteiger partial charge in [0, 0.05) is 6.42 Å². The maximum Gasteiger partial charge on any atom is 0.227 e. The van der Waals surface area contributed by atoms with Crippen LogP contribution in [0, 0.1) is 29.6 Å². The Morgan fingerprint density at radius 3 is 2.40 bits per heavy atom. The third kappa shape index (κ3) is 2.09. The SMILES string of the molecule is CCC(N)c1noc(CC2C3CC4CC(C3)CC2C4)n1. The molecule has 4 fully saturated rings. The minimum atomic E-state index is -0.0778. The van der Waals surface area contributed by atoms with Gasteiger partial charge in [-0.1, -0.05) is 12.1 Å². The molecule has 4 nitrogen and oxygen atoms in total. The van der Waals surface area contributed by atoms with E-state index in [-0.39, 0.29) is 6.04 Å². The summed E-state index contributed by atoms with van der Waals surface area (Å²) >= 11 is 0. The van der Waals surface area contributed by atoms with E-state index in [2.05, 4.69) is 17.1 Å². The highest BCUT2D eigenvalue weighted by Gasteiger charge is 2.48. The van der Waals surface area contributed by atoms with E-state index in [1.54, 1.807) is 0 Å². The van der Waals surface area contributed by atoms with E-state index < -0.39 is 0 Å². The highest BCUT2D eigenvalue weighted by atomic mass is 16.5. The zero-order chi connectivity index (χ0) is 13.7. The highest BCUT2D eigenvalue weighted by molar-refractivity contribution is 5.01. The van der Waals surface area contributed by atoms with E-state index in [1.165, 1.54) is 32.1 Å². The molecule has 1 unspecified atom stereocenters. The first-order valence-electron chi connectivity index (χ1n) is 8.31. The Hall–Kier alpha value is -0.900. The van der Waals surface area contributed by atoms with Crippen molar-refractivity contribution in [3.63, 3.8) is 0 Å². The third-order valence-electron chi connectivity index (χ3n) is 6.09. The quantitative estimate of drug-likeness (QED) is 0.917. The average Bonchev–Trinajstić information content (AvgIpc) is 2.90. The Labute approximate surface area is 120 Å². The second kappa shape index (κ2) is 4.83. The van der Waals surface area contributed by atoms with Crippen molar-refractivity contribution < 1.29 is 4.52 Å². The van der Waals surface area contributed by atoms with Gasteiger partial charge in [-0.15, -0.1) is 0 Å². The van der Waals surface area contributed by atoms with E-state index in [0.29, 0.717) is 5.82 Å². The van der Waals surface area contributed by atoms with Crippen molar-refractivity contribution in [1.29, 1.82) is 0 Å². The van der Waals surface area contributed by atoms with Crippen molar-refractivity contribution in [1.82, 2.24) is 10.1 Å². The monoisotopic (exact) mass is 275 g/mol. The second-order valence-electron chi connectivity index (χ2n) is 7.36. The van der Waals surface area contributed by atoms with Crippen LogP contribution in [-0.2, 0) is 6.42 Å². The summed E-state index contributed by atoms with van der Waals surface area (Å²) in [6, 6.07) is -0.0778. The van der Waals surface area contributed by atoms with Crippen LogP contribution in [0.15, 0.2) is 4.52 Å². The van der Waals surface area contributed by atoms with Crippen LogP contribution < -0.4 is 5.73 Å². The van der Waals surface area contributed by atoms with Crippen LogP contribution >= 0.6 is 0 Å². The maximum atomic E-state index is 5.97. The molecule has 4 heteroatoms. The summed E-state index contributed by atoms with van der Waals surface area (Å²) < 4.78 is 5.45. The first-order valence-corrected chi connectivity index (χ1v) is 8.31. The van der Waals surface area contributed by atoms with E-state index in [0.717, 1.165) is 48.3 Å². The molecule has 0 spiro atoms. The Bertz CT molecular complexity index is 456. The molecule has 110 valence electrons. The van der Waals surface area contributed by atoms with Crippen LogP contribution in [-0.4, -0.2) is 10.1 Å². The first kappa shape index (κ1) is 12.8. The molecule has 1 aromatic heterocycles. The molecule has 0 aliphatic heterocycles. The second-order valence-corrected chi connectivity index (χ2v) is 7.36. The predicted molar refractivity (Wildman–Crippen MR) is 75.8 cm³/mol. The smallest absolute Gasteiger partial charge is 0.227 e. The molecule has 0 radical (unpaired) electrons. The molecular weight excluding hydrogens is 250 g/mol. The summed E-state index contributed by atoms with van der Waals surface area (Å²) in [4.78, 5) is 4.53. The number of aromatic nitrogens is 2. The van der Waals surface area contributed by atoms with Crippen molar-refractivity contribution >= 4 is 0 Å². The molecular formula is C16H25N3O. The van der Waals surface area contributed by atoms with Gasteiger partial charge in [-0.25, -0.2) is 0 Å². The Morgan fingerprint density at radius 1 is 1.15 bits per heavy atom. The summed E-state index contributed by atoms with van der Waals surface area (Å²) in [5.74, 6) is 6.19. The fourth-order valence-electron chi connectivity index (χ4n) is 5.26. The molecule has 1 atom stereocenters. The van der Waals surface area contributed by atoms with Crippen LogP contribution in [0.1, 0.15) is 63.2 Å². The molecule has 4 aliphatic rings. The number of hydrogen-bond donors (Lipinski definition) is 1. The van der Waals surface area contributed by atoms with Crippen LogP contribution in [0.4, 0.5) is 0 Å². The average molecular weight is 275 g/mol. The van der Waals surface area contributed by atoms with Gasteiger partial charge >= 0.3 is 0 Å². The lowest BCUT2D eigenvalue weighted by Gasteiger charge is -2.54. The summed E-state index contributed by atoms with van der Waals surface area (Å²) in [6.07, 6.45) is 9.16. The van der Waals surface area contributed by atoms with Gasteiger partial charge in [0.1, 0.15) is 0 Å². The highest BCUT2D eigenvalue weighted by Crippen LogP contribution is 2.57. The number of nitrogens with two attached hydrogens (primary N) is 1. The molecule has 1 heterocycles. The van der Waals surface area contributed by atoms with E-state index >= 15 is 0 Å². The maximum absolute atomic E-state index is 5.97. The van der Waals surface area contributed by atoms with Gasteiger partial charge in [-0.3, -0.25) is 0 Å². The Balaban J connectivity index is 1.48. The molecule has 4 bridgehead atoms. The molecule has 0 saturated heterocycles. The summed E-state index contributed by atoms with van der Waals surface area (Å²) in [7, 11) is 0. The van der Waals surface area contributed by atoms with E-state index in [4.69, 9.17) is 10.3 Å². The first-order chi connectivity index (χ1) is 9.72. The van der Waals surface area contributed by atoms with Gasteiger partial charge in [0.25, 0.3) is 0 Å². The van der Waals surface area contributed by atoms with Gasteiger partial charge < -0.3 is 10.3 Å². The standard InChI is InChI=1S/C16H25N3O/c1-2-14(17)16-18-15(20-19-16)8-13-11-4-9-3-10(6-11)7-12(13)5-9/h9-14H,2-8,17H2,1H3. The van der Waals surface area contributed by atoms with Crippen LogP contribution in [0.5, 0.6) is 0 Å². The number of nitrogens with zero attached hydrogens (tertiary/aromatic N) is 2. The molecule has 20 heavy (non-hydrogen) atoms. The summed E-state index contributed by atoms with van der Waals surface area (Å²) in [5, 5.41) is 4.06. The van der Waals surface area contributed by atoms with E-state index in [9.17, 15) is 0 Å². The lowest BCUT2D eigenvalue weighted by Crippen LogP contribution is -2.45. The lowest BCUT2D eigenvalue weighted by atomic mass is 9.51. The zero-order valence-electron chi connectivity index (χ0n) is 12.3. The molecule has 4 saturated carbocycles. The summed E-state index contributed by atoms with van der Waals surface area (Å²) in [6.45, 7) is 2.05. The molecule has 5 rings (SSSR count). The van der Waals surface area contributed by atoms with Gasteiger partial charge in [-0.2, -0.15) is 4.98 Å². The predicted octanol–water partition coefficient (Wildman–Crippen LogP) is 3.09. The van der Waals surface area contributed by atoms with Gasteiger partial charge in [0.05, 0.1) is 6.04 Å².